The van der Waals surface area contributed by atoms with Crippen molar-refractivity contribution in [3.8, 4) is 0 Å². The van der Waals surface area contributed by atoms with E-state index in [9.17, 15) is 4.79 Å². The first kappa shape index (κ1) is 13.1. The van der Waals surface area contributed by atoms with Gasteiger partial charge in [-0.25, -0.2) is 0 Å². The highest BCUT2D eigenvalue weighted by Gasteiger charge is 2.13. The molecule has 0 amide bonds. The van der Waals surface area contributed by atoms with Gasteiger partial charge in [0.15, 0.2) is 0 Å². The molecule has 0 atom stereocenters. The standard InChI is InChI=1S/C17H22O/c1-14(13-18)11-16-7-9-17(10-8-16)12-15-5-3-2-4-6-15/h7-11,13,15H,2-6,12H2,1H3. The van der Waals surface area contributed by atoms with Crippen molar-refractivity contribution in [1.29, 1.82) is 0 Å². The molecular formula is C17H22O. The van der Waals surface area contributed by atoms with Gasteiger partial charge in [-0.3, -0.25) is 4.79 Å². The van der Waals surface area contributed by atoms with E-state index in [1.165, 1.54) is 44.1 Å². The lowest BCUT2D eigenvalue weighted by Gasteiger charge is -2.21. The number of aldehydes is 1. The van der Waals surface area contributed by atoms with Crippen LogP contribution >= 0.6 is 0 Å². The van der Waals surface area contributed by atoms with Crippen molar-refractivity contribution in [3.63, 3.8) is 0 Å². The summed E-state index contributed by atoms with van der Waals surface area (Å²) in [7, 11) is 0. The van der Waals surface area contributed by atoms with Crippen molar-refractivity contribution in [3.05, 3.63) is 41.0 Å². The quantitative estimate of drug-likeness (QED) is 0.564. The maximum atomic E-state index is 10.6. The van der Waals surface area contributed by atoms with Gasteiger partial charge in [0.2, 0.25) is 0 Å². The number of allylic oxidation sites excluding steroid dienone is 1. The second-order valence-corrected chi connectivity index (χ2v) is 5.46. The van der Waals surface area contributed by atoms with E-state index in [0.29, 0.717) is 0 Å². The Hall–Kier alpha value is -1.37. The van der Waals surface area contributed by atoms with Gasteiger partial charge in [0.1, 0.15) is 6.29 Å². The molecule has 0 aliphatic heterocycles. The largest absolute Gasteiger partial charge is 0.298 e. The van der Waals surface area contributed by atoms with Crippen molar-refractivity contribution in [2.24, 2.45) is 5.92 Å². The maximum absolute atomic E-state index is 10.6. The zero-order valence-corrected chi connectivity index (χ0v) is 11.2. The molecule has 0 heterocycles. The SMILES string of the molecule is CC(C=O)=Cc1ccc(CC2CCCCC2)cc1. The second-order valence-electron chi connectivity index (χ2n) is 5.46. The summed E-state index contributed by atoms with van der Waals surface area (Å²) >= 11 is 0. The highest BCUT2D eigenvalue weighted by Crippen LogP contribution is 2.26. The summed E-state index contributed by atoms with van der Waals surface area (Å²) in [4.78, 5) is 10.6. The Balaban J connectivity index is 1.96. The van der Waals surface area contributed by atoms with Crippen LogP contribution in [-0.2, 0) is 11.2 Å². The zero-order valence-electron chi connectivity index (χ0n) is 11.2. The Morgan fingerprint density at radius 3 is 2.44 bits per heavy atom. The van der Waals surface area contributed by atoms with Crippen molar-refractivity contribution < 1.29 is 4.79 Å². The van der Waals surface area contributed by atoms with Gasteiger partial charge >= 0.3 is 0 Å². The smallest absolute Gasteiger partial charge is 0.145 e. The Morgan fingerprint density at radius 1 is 1.17 bits per heavy atom. The van der Waals surface area contributed by atoms with Crippen LogP contribution in [0.5, 0.6) is 0 Å². The molecule has 0 saturated heterocycles. The second kappa shape index (κ2) is 6.53. The summed E-state index contributed by atoms with van der Waals surface area (Å²) in [5.74, 6) is 0.886. The predicted octanol–water partition coefficient (Wildman–Crippen LogP) is 4.41. The van der Waals surface area contributed by atoms with Crippen LogP contribution in [0, 0.1) is 5.92 Å². The number of hydrogen-bond acceptors (Lipinski definition) is 1. The van der Waals surface area contributed by atoms with Gasteiger partial charge in [-0.2, -0.15) is 0 Å². The van der Waals surface area contributed by atoms with E-state index in [2.05, 4.69) is 24.3 Å². The molecule has 1 aliphatic rings. The first-order valence-corrected chi connectivity index (χ1v) is 7.00. The van der Waals surface area contributed by atoms with Crippen molar-refractivity contribution >= 4 is 12.4 Å². The summed E-state index contributed by atoms with van der Waals surface area (Å²) in [5, 5.41) is 0. The first-order valence-electron chi connectivity index (χ1n) is 7.00. The van der Waals surface area contributed by atoms with Crippen LogP contribution in [0.1, 0.15) is 50.2 Å². The number of hydrogen-bond donors (Lipinski definition) is 0. The van der Waals surface area contributed by atoms with E-state index >= 15 is 0 Å². The van der Waals surface area contributed by atoms with E-state index < -0.39 is 0 Å². The minimum Gasteiger partial charge on any atom is -0.298 e. The first-order chi connectivity index (χ1) is 8.78. The van der Waals surface area contributed by atoms with Crippen molar-refractivity contribution in [2.45, 2.75) is 45.4 Å². The van der Waals surface area contributed by atoms with Gasteiger partial charge < -0.3 is 0 Å². The lowest BCUT2D eigenvalue weighted by atomic mass is 9.85. The van der Waals surface area contributed by atoms with Gasteiger partial charge in [-0.05, 0) is 42.0 Å². The molecule has 0 unspecified atom stereocenters. The third kappa shape index (κ3) is 3.83. The average Bonchev–Trinajstić information content (AvgIpc) is 2.42. The summed E-state index contributed by atoms with van der Waals surface area (Å²) in [6.07, 6.45) is 11.1. The van der Waals surface area contributed by atoms with Crippen LogP contribution in [0.4, 0.5) is 0 Å². The molecule has 18 heavy (non-hydrogen) atoms. The highest BCUT2D eigenvalue weighted by molar-refractivity contribution is 5.80. The number of rotatable bonds is 4. The zero-order chi connectivity index (χ0) is 12.8. The number of benzene rings is 1. The molecule has 1 saturated carbocycles. The Morgan fingerprint density at radius 2 is 1.83 bits per heavy atom. The monoisotopic (exact) mass is 242 g/mol. The fourth-order valence-electron chi connectivity index (χ4n) is 2.77. The summed E-state index contributed by atoms with van der Waals surface area (Å²) < 4.78 is 0. The third-order valence-electron chi connectivity index (χ3n) is 3.81. The minimum atomic E-state index is 0.773. The topological polar surface area (TPSA) is 17.1 Å². The van der Waals surface area contributed by atoms with E-state index in [4.69, 9.17) is 0 Å². The molecule has 1 fully saturated rings. The van der Waals surface area contributed by atoms with Crippen LogP contribution in [0.3, 0.4) is 0 Å². The van der Waals surface area contributed by atoms with Gasteiger partial charge in [0.05, 0.1) is 0 Å². The van der Waals surface area contributed by atoms with Crippen LogP contribution in [0.15, 0.2) is 29.8 Å². The van der Waals surface area contributed by atoms with Gasteiger partial charge in [0.25, 0.3) is 0 Å². The molecule has 1 aromatic rings. The summed E-state index contributed by atoms with van der Waals surface area (Å²) in [6.45, 7) is 1.84. The van der Waals surface area contributed by atoms with Gasteiger partial charge in [-0.1, -0.05) is 56.4 Å². The molecule has 0 spiro atoms. The molecule has 96 valence electrons. The van der Waals surface area contributed by atoms with Crippen molar-refractivity contribution in [2.75, 3.05) is 0 Å². The minimum absolute atomic E-state index is 0.773. The fourth-order valence-corrected chi connectivity index (χ4v) is 2.77. The lowest BCUT2D eigenvalue weighted by Crippen LogP contribution is -2.09. The normalized spacial score (nSPS) is 17.7. The lowest BCUT2D eigenvalue weighted by molar-refractivity contribution is -0.104. The van der Waals surface area contributed by atoms with Gasteiger partial charge in [-0.15, -0.1) is 0 Å². The molecule has 0 radical (unpaired) electrons. The molecule has 1 aliphatic carbocycles. The molecule has 0 bridgehead atoms. The average molecular weight is 242 g/mol. The number of carbonyl (C=O) groups is 1. The van der Waals surface area contributed by atoms with Crippen molar-refractivity contribution in [1.82, 2.24) is 0 Å². The van der Waals surface area contributed by atoms with E-state index in [1.54, 1.807) is 0 Å². The van der Waals surface area contributed by atoms with Gasteiger partial charge in [0, 0.05) is 0 Å². The molecule has 0 N–H and O–H groups in total. The predicted molar refractivity (Wildman–Crippen MR) is 76.4 cm³/mol. The summed E-state index contributed by atoms with van der Waals surface area (Å²) in [5.41, 5.74) is 3.32. The summed E-state index contributed by atoms with van der Waals surface area (Å²) in [6, 6.07) is 8.65. The number of carbonyl (C=O) groups excluding carboxylic acids is 1. The highest BCUT2D eigenvalue weighted by atomic mass is 16.1. The molecule has 1 nitrogen and oxygen atoms in total. The Labute approximate surface area is 110 Å². The molecular weight excluding hydrogens is 220 g/mol. The Kier molecular flexibility index (Phi) is 4.74. The van der Waals surface area contributed by atoms with E-state index in [1.807, 2.05) is 13.0 Å². The van der Waals surface area contributed by atoms with Crippen LogP contribution < -0.4 is 0 Å². The molecule has 2 rings (SSSR count). The maximum Gasteiger partial charge on any atom is 0.145 e. The van der Waals surface area contributed by atoms with Crippen LogP contribution in [0.25, 0.3) is 6.08 Å². The van der Waals surface area contributed by atoms with Crippen LogP contribution in [0.2, 0.25) is 0 Å². The van der Waals surface area contributed by atoms with E-state index in [0.717, 1.165) is 23.3 Å². The Bertz CT molecular complexity index is 408. The molecule has 1 heteroatoms. The fraction of sp³-hybridized carbons (Fsp3) is 0.471. The third-order valence-corrected chi connectivity index (χ3v) is 3.81. The molecule has 0 aromatic heterocycles. The van der Waals surface area contributed by atoms with E-state index in [-0.39, 0.29) is 0 Å². The van der Waals surface area contributed by atoms with Crippen LogP contribution in [-0.4, -0.2) is 6.29 Å². The molecule has 1 aromatic carbocycles.